The first kappa shape index (κ1) is 13.2. The number of hydrogen-bond acceptors (Lipinski definition) is 3. The monoisotopic (exact) mass is 324 g/mol. The molecule has 3 nitrogen and oxygen atoms in total. The van der Waals surface area contributed by atoms with E-state index in [0.717, 1.165) is 11.0 Å². The first-order valence-corrected chi connectivity index (χ1v) is 7.33. The van der Waals surface area contributed by atoms with E-state index in [1.807, 2.05) is 17.5 Å². The summed E-state index contributed by atoms with van der Waals surface area (Å²) in [7, 11) is 0. The van der Waals surface area contributed by atoms with Crippen molar-refractivity contribution < 1.29 is 4.79 Å². The molecule has 0 spiro atoms. The van der Waals surface area contributed by atoms with Crippen LogP contribution in [-0.4, -0.2) is 10.9 Å². The molecule has 0 fully saturated rings. The van der Waals surface area contributed by atoms with E-state index in [-0.39, 0.29) is 11.9 Å². The van der Waals surface area contributed by atoms with Gasteiger partial charge in [0.2, 0.25) is 0 Å². The third-order valence-electron chi connectivity index (χ3n) is 2.59. The second-order valence-electron chi connectivity index (χ2n) is 3.82. The number of hydrogen-bond donors (Lipinski definition) is 1. The predicted molar refractivity (Wildman–Crippen MR) is 76.8 cm³/mol. The van der Waals surface area contributed by atoms with Gasteiger partial charge in [0, 0.05) is 11.1 Å². The highest BCUT2D eigenvalue weighted by atomic mass is 79.9. The summed E-state index contributed by atoms with van der Waals surface area (Å²) >= 11 is 4.91. The minimum atomic E-state index is -0.0877. The summed E-state index contributed by atoms with van der Waals surface area (Å²) in [5, 5.41) is 5.04. The fourth-order valence-corrected chi connectivity index (χ4v) is 2.71. The lowest BCUT2D eigenvalue weighted by Crippen LogP contribution is -2.27. The normalized spacial score (nSPS) is 12.1. The molecule has 2 aromatic heterocycles. The lowest BCUT2D eigenvalue weighted by Gasteiger charge is -2.15. The second-order valence-corrected chi connectivity index (χ2v) is 5.61. The number of thiophene rings is 1. The van der Waals surface area contributed by atoms with Crippen LogP contribution in [0, 0.1) is 0 Å². The number of rotatable bonds is 4. The van der Waals surface area contributed by atoms with E-state index < -0.39 is 0 Å². The molecule has 0 radical (unpaired) electrons. The van der Waals surface area contributed by atoms with E-state index >= 15 is 0 Å². The van der Waals surface area contributed by atoms with Gasteiger partial charge in [-0.1, -0.05) is 13.0 Å². The Hall–Kier alpha value is -1.20. The summed E-state index contributed by atoms with van der Waals surface area (Å²) in [4.78, 5) is 17.3. The molecular formula is C13H13BrN2OS. The van der Waals surface area contributed by atoms with Gasteiger partial charge in [-0.05, 0) is 45.9 Å². The predicted octanol–water partition coefficient (Wildman–Crippen LogP) is 3.79. The van der Waals surface area contributed by atoms with Gasteiger partial charge in [0.15, 0.2) is 0 Å². The Morgan fingerprint density at radius 3 is 2.89 bits per heavy atom. The average molecular weight is 325 g/mol. The smallest absolute Gasteiger partial charge is 0.253 e. The first-order valence-electron chi connectivity index (χ1n) is 5.66. The highest BCUT2D eigenvalue weighted by Crippen LogP contribution is 2.22. The van der Waals surface area contributed by atoms with Crippen LogP contribution in [0.5, 0.6) is 0 Å². The van der Waals surface area contributed by atoms with Crippen molar-refractivity contribution in [2.75, 3.05) is 0 Å². The maximum absolute atomic E-state index is 12.1. The van der Waals surface area contributed by atoms with Crippen molar-refractivity contribution in [1.29, 1.82) is 0 Å². The maximum Gasteiger partial charge on any atom is 0.253 e. The van der Waals surface area contributed by atoms with Crippen molar-refractivity contribution >= 4 is 33.2 Å². The largest absolute Gasteiger partial charge is 0.344 e. The second kappa shape index (κ2) is 6.11. The Morgan fingerprint density at radius 2 is 2.33 bits per heavy atom. The van der Waals surface area contributed by atoms with Crippen LogP contribution < -0.4 is 5.32 Å². The molecule has 1 unspecified atom stereocenters. The number of carbonyl (C=O) groups excluding carboxylic acids is 1. The number of carbonyl (C=O) groups is 1. The van der Waals surface area contributed by atoms with Crippen molar-refractivity contribution in [3.8, 4) is 0 Å². The molecule has 0 bridgehead atoms. The number of pyridine rings is 1. The van der Waals surface area contributed by atoms with E-state index in [0.29, 0.717) is 5.56 Å². The number of aromatic nitrogens is 1. The van der Waals surface area contributed by atoms with Gasteiger partial charge in [-0.3, -0.25) is 4.79 Å². The quantitative estimate of drug-likeness (QED) is 0.869. The summed E-state index contributed by atoms with van der Waals surface area (Å²) in [5.41, 5.74) is 0.577. The first-order chi connectivity index (χ1) is 8.70. The molecule has 0 aliphatic rings. The van der Waals surface area contributed by atoms with Crippen LogP contribution in [0.4, 0.5) is 0 Å². The highest BCUT2D eigenvalue weighted by Gasteiger charge is 2.14. The number of halogens is 1. The molecule has 0 saturated carbocycles. The lowest BCUT2D eigenvalue weighted by molar-refractivity contribution is 0.0936. The molecule has 94 valence electrons. The van der Waals surface area contributed by atoms with Gasteiger partial charge in [-0.15, -0.1) is 11.3 Å². The van der Waals surface area contributed by atoms with E-state index in [2.05, 4.69) is 33.2 Å². The van der Waals surface area contributed by atoms with E-state index in [1.54, 1.807) is 29.7 Å². The van der Waals surface area contributed by atoms with Crippen molar-refractivity contribution in [2.45, 2.75) is 19.4 Å². The van der Waals surface area contributed by atoms with Crippen LogP contribution in [0.15, 0.2) is 40.4 Å². The van der Waals surface area contributed by atoms with Crippen molar-refractivity contribution in [1.82, 2.24) is 10.3 Å². The molecule has 1 N–H and O–H groups in total. The van der Waals surface area contributed by atoms with Gasteiger partial charge >= 0.3 is 0 Å². The van der Waals surface area contributed by atoms with E-state index in [9.17, 15) is 4.79 Å². The molecule has 1 atom stereocenters. The minimum absolute atomic E-state index is 0.0705. The Labute approximate surface area is 118 Å². The number of nitrogens with one attached hydrogen (secondary N) is 1. The summed E-state index contributed by atoms with van der Waals surface area (Å²) in [6.07, 6.45) is 2.44. The van der Waals surface area contributed by atoms with Gasteiger partial charge in [-0.25, -0.2) is 4.98 Å². The fraction of sp³-hybridized carbons (Fsp3) is 0.231. The number of amides is 1. The molecule has 2 aromatic rings. The molecule has 2 rings (SSSR count). The SMILES string of the molecule is CCC(NC(=O)c1ccc(Br)nc1)c1cccs1. The van der Waals surface area contributed by atoms with Gasteiger partial charge in [0.05, 0.1) is 11.6 Å². The highest BCUT2D eigenvalue weighted by molar-refractivity contribution is 9.10. The molecule has 0 aliphatic carbocycles. The molecule has 5 heteroatoms. The molecule has 18 heavy (non-hydrogen) atoms. The Balaban J connectivity index is 2.08. The molecule has 0 saturated heterocycles. The minimum Gasteiger partial charge on any atom is -0.344 e. The van der Waals surface area contributed by atoms with Gasteiger partial charge in [0.1, 0.15) is 4.60 Å². The molecule has 0 aliphatic heterocycles. The van der Waals surface area contributed by atoms with Crippen LogP contribution in [0.25, 0.3) is 0 Å². The standard InChI is InChI=1S/C13H13BrN2OS/c1-2-10(11-4-3-7-18-11)16-13(17)9-5-6-12(14)15-8-9/h3-8,10H,2H2,1H3,(H,16,17). The number of nitrogens with zero attached hydrogens (tertiary/aromatic N) is 1. The molecule has 0 aromatic carbocycles. The average Bonchev–Trinajstić information content (AvgIpc) is 2.90. The molecule has 2 heterocycles. The third kappa shape index (κ3) is 3.17. The summed E-state index contributed by atoms with van der Waals surface area (Å²) in [5.74, 6) is -0.0877. The van der Waals surface area contributed by atoms with Gasteiger partial charge in [-0.2, -0.15) is 0 Å². The summed E-state index contributed by atoms with van der Waals surface area (Å²) < 4.78 is 0.726. The van der Waals surface area contributed by atoms with Crippen molar-refractivity contribution in [2.24, 2.45) is 0 Å². The van der Waals surface area contributed by atoms with E-state index in [1.165, 1.54) is 4.88 Å². The Bertz CT molecular complexity index is 510. The summed E-state index contributed by atoms with van der Waals surface area (Å²) in [6.45, 7) is 2.06. The maximum atomic E-state index is 12.1. The third-order valence-corrected chi connectivity index (χ3v) is 4.04. The van der Waals surface area contributed by atoms with Crippen LogP contribution >= 0.6 is 27.3 Å². The lowest BCUT2D eigenvalue weighted by atomic mass is 10.1. The topological polar surface area (TPSA) is 42.0 Å². The van der Waals surface area contributed by atoms with E-state index in [4.69, 9.17) is 0 Å². The Kier molecular flexibility index (Phi) is 4.49. The van der Waals surface area contributed by atoms with Crippen LogP contribution in [0.1, 0.15) is 34.6 Å². The Morgan fingerprint density at radius 1 is 1.50 bits per heavy atom. The van der Waals surface area contributed by atoms with Gasteiger partial charge in [0.25, 0.3) is 5.91 Å². The fourth-order valence-electron chi connectivity index (χ4n) is 1.62. The zero-order valence-electron chi connectivity index (χ0n) is 9.89. The van der Waals surface area contributed by atoms with Crippen LogP contribution in [-0.2, 0) is 0 Å². The van der Waals surface area contributed by atoms with Crippen LogP contribution in [0.3, 0.4) is 0 Å². The zero-order valence-corrected chi connectivity index (χ0v) is 12.3. The van der Waals surface area contributed by atoms with Crippen LogP contribution in [0.2, 0.25) is 0 Å². The summed E-state index contributed by atoms with van der Waals surface area (Å²) in [6, 6.07) is 7.63. The van der Waals surface area contributed by atoms with Crippen molar-refractivity contribution in [3.63, 3.8) is 0 Å². The van der Waals surface area contributed by atoms with Crippen molar-refractivity contribution in [3.05, 3.63) is 50.9 Å². The zero-order chi connectivity index (χ0) is 13.0. The molecular weight excluding hydrogens is 312 g/mol. The molecule has 1 amide bonds. The van der Waals surface area contributed by atoms with Gasteiger partial charge < -0.3 is 5.32 Å².